The van der Waals surface area contributed by atoms with Gasteiger partial charge in [-0.15, -0.1) is 0 Å². The summed E-state index contributed by atoms with van der Waals surface area (Å²) in [7, 11) is 0. The molecule has 1 aliphatic rings. The molecule has 3 heteroatoms. The van der Waals surface area contributed by atoms with E-state index in [1.807, 2.05) is 48.5 Å². The van der Waals surface area contributed by atoms with E-state index in [4.69, 9.17) is 15.7 Å². The van der Waals surface area contributed by atoms with E-state index < -0.39 is 12.1 Å². The Balaban J connectivity index is 2.20. The van der Waals surface area contributed by atoms with Crippen LogP contribution in [-0.4, -0.2) is 6.04 Å². The zero-order valence-electron chi connectivity index (χ0n) is 9.71. The standard InChI is InChI=1S/C15H12N2O/c16-9-13(17)15-12-7-2-1-5-10(12)11-6-3-4-8-14(11)18-15/h1-8,13,15H,17H2. The zero-order valence-corrected chi connectivity index (χ0v) is 9.71. The highest BCUT2D eigenvalue weighted by Gasteiger charge is 2.29. The van der Waals surface area contributed by atoms with Crippen LogP contribution >= 0.6 is 0 Å². The summed E-state index contributed by atoms with van der Waals surface area (Å²) in [5.74, 6) is 0.784. The van der Waals surface area contributed by atoms with Gasteiger partial charge in [-0.3, -0.25) is 0 Å². The normalized spacial score (nSPS) is 17.9. The maximum atomic E-state index is 9.01. The van der Waals surface area contributed by atoms with Crippen molar-refractivity contribution in [3.63, 3.8) is 0 Å². The van der Waals surface area contributed by atoms with E-state index in [9.17, 15) is 0 Å². The number of hydrogen-bond donors (Lipinski definition) is 1. The summed E-state index contributed by atoms with van der Waals surface area (Å²) in [6.45, 7) is 0. The van der Waals surface area contributed by atoms with E-state index in [1.54, 1.807) is 0 Å². The minimum atomic E-state index is -0.667. The largest absolute Gasteiger partial charge is 0.482 e. The monoisotopic (exact) mass is 236 g/mol. The van der Waals surface area contributed by atoms with E-state index in [2.05, 4.69) is 6.07 Å². The summed E-state index contributed by atoms with van der Waals surface area (Å²) >= 11 is 0. The van der Waals surface area contributed by atoms with Gasteiger partial charge in [0.1, 0.15) is 11.8 Å². The Kier molecular flexibility index (Phi) is 2.51. The highest BCUT2D eigenvalue weighted by molar-refractivity contribution is 5.75. The molecule has 2 atom stereocenters. The number of nitrogens with two attached hydrogens (primary N) is 1. The van der Waals surface area contributed by atoms with Crippen LogP contribution in [0.5, 0.6) is 5.75 Å². The van der Waals surface area contributed by atoms with E-state index in [1.165, 1.54) is 0 Å². The molecule has 2 aromatic carbocycles. The smallest absolute Gasteiger partial charge is 0.153 e. The van der Waals surface area contributed by atoms with Gasteiger partial charge >= 0.3 is 0 Å². The fraction of sp³-hybridized carbons (Fsp3) is 0.133. The van der Waals surface area contributed by atoms with Gasteiger partial charge in [0.15, 0.2) is 6.10 Å². The molecule has 88 valence electrons. The van der Waals surface area contributed by atoms with Crippen molar-refractivity contribution in [3.8, 4) is 22.9 Å². The van der Waals surface area contributed by atoms with Crippen LogP contribution in [0.15, 0.2) is 48.5 Å². The highest BCUT2D eigenvalue weighted by atomic mass is 16.5. The number of ether oxygens (including phenoxy) is 1. The lowest BCUT2D eigenvalue weighted by Gasteiger charge is -2.29. The van der Waals surface area contributed by atoms with Crippen molar-refractivity contribution in [2.24, 2.45) is 5.73 Å². The second-order valence-electron chi connectivity index (χ2n) is 4.28. The number of nitrogens with zero attached hydrogens (tertiary/aromatic N) is 1. The molecule has 18 heavy (non-hydrogen) atoms. The van der Waals surface area contributed by atoms with Crippen molar-refractivity contribution in [2.75, 3.05) is 0 Å². The van der Waals surface area contributed by atoms with Gasteiger partial charge in [0, 0.05) is 11.1 Å². The van der Waals surface area contributed by atoms with Crippen LogP contribution < -0.4 is 10.5 Å². The molecular weight excluding hydrogens is 224 g/mol. The number of para-hydroxylation sites is 1. The Bertz CT molecular complexity index is 630. The van der Waals surface area contributed by atoms with Gasteiger partial charge in [-0.2, -0.15) is 5.26 Å². The predicted molar refractivity (Wildman–Crippen MR) is 68.8 cm³/mol. The Labute approximate surface area is 105 Å². The molecule has 2 N–H and O–H groups in total. The van der Waals surface area contributed by atoms with E-state index >= 15 is 0 Å². The molecule has 2 unspecified atom stereocenters. The van der Waals surface area contributed by atoms with Crippen LogP contribution in [-0.2, 0) is 0 Å². The van der Waals surface area contributed by atoms with Gasteiger partial charge in [-0.25, -0.2) is 0 Å². The van der Waals surface area contributed by atoms with Crippen molar-refractivity contribution in [1.29, 1.82) is 5.26 Å². The predicted octanol–water partition coefficient (Wildman–Crippen LogP) is 2.64. The SMILES string of the molecule is N#CC(N)C1Oc2ccccc2-c2ccccc21. The number of fused-ring (bicyclic) bond motifs is 3. The summed E-state index contributed by atoms with van der Waals surface area (Å²) < 4.78 is 5.86. The molecule has 0 radical (unpaired) electrons. The quantitative estimate of drug-likeness (QED) is 0.828. The third-order valence-corrected chi connectivity index (χ3v) is 3.17. The Hall–Kier alpha value is -2.31. The topological polar surface area (TPSA) is 59.0 Å². The summed E-state index contributed by atoms with van der Waals surface area (Å²) in [4.78, 5) is 0. The zero-order chi connectivity index (χ0) is 12.5. The number of benzene rings is 2. The van der Waals surface area contributed by atoms with Crippen LogP contribution in [0.25, 0.3) is 11.1 Å². The average Bonchev–Trinajstić information content (AvgIpc) is 2.45. The summed E-state index contributed by atoms with van der Waals surface area (Å²) in [6.07, 6.45) is -0.402. The molecule has 1 aliphatic heterocycles. The van der Waals surface area contributed by atoms with Crippen molar-refractivity contribution >= 4 is 0 Å². The first-order chi connectivity index (χ1) is 8.81. The van der Waals surface area contributed by atoms with Crippen LogP contribution in [0.4, 0.5) is 0 Å². The van der Waals surface area contributed by atoms with E-state index in [-0.39, 0.29) is 0 Å². The van der Waals surface area contributed by atoms with Gasteiger partial charge in [0.2, 0.25) is 0 Å². The molecule has 0 fully saturated rings. The molecule has 3 rings (SSSR count). The Morgan fingerprint density at radius 1 is 1.06 bits per heavy atom. The molecular formula is C15H12N2O. The average molecular weight is 236 g/mol. The molecule has 0 aliphatic carbocycles. The maximum absolute atomic E-state index is 9.01. The van der Waals surface area contributed by atoms with Crippen molar-refractivity contribution in [2.45, 2.75) is 12.1 Å². The van der Waals surface area contributed by atoms with Gasteiger partial charge in [-0.05, 0) is 11.6 Å². The number of nitriles is 1. The fourth-order valence-electron chi connectivity index (χ4n) is 2.32. The number of rotatable bonds is 1. The van der Waals surface area contributed by atoms with Crippen LogP contribution in [0.1, 0.15) is 11.7 Å². The minimum absolute atomic E-state index is 0.402. The minimum Gasteiger partial charge on any atom is -0.482 e. The Morgan fingerprint density at radius 2 is 1.72 bits per heavy atom. The van der Waals surface area contributed by atoms with Crippen LogP contribution in [0, 0.1) is 11.3 Å². The van der Waals surface area contributed by atoms with Crippen LogP contribution in [0.2, 0.25) is 0 Å². The first-order valence-corrected chi connectivity index (χ1v) is 5.81. The fourth-order valence-corrected chi connectivity index (χ4v) is 2.32. The number of hydrogen-bond acceptors (Lipinski definition) is 3. The molecule has 0 spiro atoms. The molecule has 2 aromatic rings. The van der Waals surface area contributed by atoms with Crippen molar-refractivity contribution in [3.05, 3.63) is 54.1 Å². The summed E-state index contributed by atoms with van der Waals surface area (Å²) in [5, 5.41) is 9.01. The van der Waals surface area contributed by atoms with Gasteiger partial charge in [0.05, 0.1) is 6.07 Å². The molecule has 0 saturated heterocycles. The maximum Gasteiger partial charge on any atom is 0.153 e. The first kappa shape index (κ1) is 10.8. The molecule has 0 amide bonds. The van der Waals surface area contributed by atoms with Gasteiger partial charge in [-0.1, -0.05) is 42.5 Å². The summed E-state index contributed by atoms with van der Waals surface area (Å²) in [5.41, 5.74) is 8.95. The molecule has 3 nitrogen and oxygen atoms in total. The first-order valence-electron chi connectivity index (χ1n) is 5.81. The second-order valence-corrected chi connectivity index (χ2v) is 4.28. The molecule has 0 aromatic heterocycles. The molecule has 0 bridgehead atoms. The van der Waals surface area contributed by atoms with E-state index in [0.29, 0.717) is 0 Å². The van der Waals surface area contributed by atoms with Gasteiger partial charge in [0.25, 0.3) is 0 Å². The third kappa shape index (κ3) is 1.55. The summed E-state index contributed by atoms with van der Waals surface area (Å²) in [6, 6.07) is 17.1. The lowest BCUT2D eigenvalue weighted by Crippen LogP contribution is -2.32. The van der Waals surface area contributed by atoms with Gasteiger partial charge < -0.3 is 10.5 Å². The Morgan fingerprint density at radius 3 is 2.50 bits per heavy atom. The van der Waals surface area contributed by atoms with Crippen molar-refractivity contribution in [1.82, 2.24) is 0 Å². The van der Waals surface area contributed by atoms with Crippen molar-refractivity contribution < 1.29 is 4.74 Å². The third-order valence-electron chi connectivity index (χ3n) is 3.17. The molecule has 0 saturated carbocycles. The van der Waals surface area contributed by atoms with Crippen LogP contribution in [0.3, 0.4) is 0 Å². The second kappa shape index (κ2) is 4.17. The lowest BCUT2D eigenvalue weighted by atomic mass is 9.90. The van der Waals surface area contributed by atoms with E-state index in [0.717, 1.165) is 22.4 Å². The lowest BCUT2D eigenvalue weighted by molar-refractivity contribution is 0.189. The molecule has 1 heterocycles. The highest BCUT2D eigenvalue weighted by Crippen LogP contribution is 2.42.